The summed E-state index contributed by atoms with van der Waals surface area (Å²) in [7, 11) is 0. The van der Waals surface area contributed by atoms with Crippen LogP contribution in [0.1, 0.15) is 12.5 Å². The quantitative estimate of drug-likeness (QED) is 0.784. The largest absolute Gasteiger partial charge is 0.359 e. The summed E-state index contributed by atoms with van der Waals surface area (Å²) in [6.45, 7) is 2.74. The van der Waals surface area contributed by atoms with Crippen LogP contribution in [0, 0.1) is 0 Å². The third-order valence-corrected chi connectivity index (χ3v) is 3.43. The van der Waals surface area contributed by atoms with Gasteiger partial charge in [0.15, 0.2) is 0 Å². The van der Waals surface area contributed by atoms with E-state index in [0.717, 1.165) is 10.6 Å². The molecule has 0 N–H and O–H groups in total. The van der Waals surface area contributed by atoms with Crippen molar-refractivity contribution in [2.75, 3.05) is 0 Å². The molecule has 0 aliphatic carbocycles. The molecule has 0 amide bonds. The molecule has 1 aliphatic heterocycles. The van der Waals surface area contributed by atoms with Gasteiger partial charge in [-0.3, -0.25) is 0 Å². The first-order chi connectivity index (χ1) is 8.21. The highest BCUT2D eigenvalue weighted by Gasteiger charge is 2.55. The predicted molar refractivity (Wildman–Crippen MR) is 63.7 cm³/mol. The lowest BCUT2D eigenvalue weighted by Crippen LogP contribution is -2.20. The van der Waals surface area contributed by atoms with Crippen molar-refractivity contribution in [2.45, 2.75) is 25.2 Å². The Hall–Kier alpha value is -1.39. The van der Waals surface area contributed by atoms with Gasteiger partial charge in [-0.1, -0.05) is 23.7 Å². The lowest BCUT2D eigenvalue weighted by molar-refractivity contribution is 0.263. The van der Waals surface area contributed by atoms with E-state index in [1.807, 2.05) is 24.3 Å². The van der Waals surface area contributed by atoms with Gasteiger partial charge in [0.2, 0.25) is 0 Å². The third kappa shape index (κ3) is 1.83. The highest BCUT2D eigenvalue weighted by molar-refractivity contribution is 6.30. The van der Waals surface area contributed by atoms with Gasteiger partial charge in [-0.25, -0.2) is 9.67 Å². The zero-order chi connectivity index (χ0) is 11.9. The Labute approximate surface area is 104 Å². The van der Waals surface area contributed by atoms with Crippen molar-refractivity contribution in [3.05, 3.63) is 47.5 Å². The zero-order valence-corrected chi connectivity index (χ0v) is 10.1. The van der Waals surface area contributed by atoms with Crippen LogP contribution in [0.4, 0.5) is 0 Å². The summed E-state index contributed by atoms with van der Waals surface area (Å²) in [4.78, 5) is 3.94. The van der Waals surface area contributed by atoms with Crippen LogP contribution in [0.15, 0.2) is 36.9 Å². The van der Waals surface area contributed by atoms with Crippen molar-refractivity contribution < 1.29 is 4.74 Å². The number of halogens is 1. The van der Waals surface area contributed by atoms with E-state index in [1.165, 1.54) is 6.33 Å². The molecular weight excluding hydrogens is 238 g/mol. The van der Waals surface area contributed by atoms with Gasteiger partial charge in [0.05, 0.1) is 12.6 Å². The number of epoxide rings is 1. The number of nitrogens with zero attached hydrogens (tertiary/aromatic N) is 3. The fourth-order valence-corrected chi connectivity index (χ4v) is 2.25. The Morgan fingerprint density at radius 1 is 1.41 bits per heavy atom. The van der Waals surface area contributed by atoms with Crippen LogP contribution in [0.25, 0.3) is 0 Å². The number of aromatic nitrogens is 3. The van der Waals surface area contributed by atoms with Gasteiger partial charge in [-0.05, 0) is 24.6 Å². The minimum absolute atomic E-state index is 0.188. The first kappa shape index (κ1) is 10.7. The molecule has 88 valence electrons. The fraction of sp³-hybridized carbons (Fsp3) is 0.333. The van der Waals surface area contributed by atoms with E-state index in [9.17, 15) is 0 Å². The SMILES string of the molecule is CC1OC1(Cn1cncn1)c1ccc(Cl)cc1. The molecule has 2 atom stereocenters. The van der Waals surface area contributed by atoms with Crippen LogP contribution in [-0.2, 0) is 16.9 Å². The molecule has 17 heavy (non-hydrogen) atoms. The van der Waals surface area contributed by atoms with E-state index in [-0.39, 0.29) is 11.7 Å². The molecule has 5 heteroatoms. The molecule has 2 aromatic rings. The Bertz CT molecular complexity index is 511. The van der Waals surface area contributed by atoms with Crippen molar-refractivity contribution in [2.24, 2.45) is 0 Å². The molecule has 3 rings (SSSR count). The molecule has 1 saturated heterocycles. The maximum atomic E-state index is 5.89. The minimum atomic E-state index is -0.279. The third-order valence-electron chi connectivity index (χ3n) is 3.18. The van der Waals surface area contributed by atoms with E-state index in [0.29, 0.717) is 6.54 Å². The zero-order valence-electron chi connectivity index (χ0n) is 9.38. The van der Waals surface area contributed by atoms with Crippen LogP contribution in [0.3, 0.4) is 0 Å². The van der Waals surface area contributed by atoms with E-state index >= 15 is 0 Å². The molecular formula is C12H12ClN3O. The van der Waals surface area contributed by atoms with Crippen molar-refractivity contribution in [1.29, 1.82) is 0 Å². The Kier molecular flexibility index (Phi) is 2.42. The average Bonchev–Trinajstić information content (AvgIpc) is 2.76. The molecule has 0 radical (unpaired) electrons. The lowest BCUT2D eigenvalue weighted by atomic mass is 9.96. The first-order valence-electron chi connectivity index (χ1n) is 5.47. The Morgan fingerprint density at radius 3 is 2.65 bits per heavy atom. The summed E-state index contributed by atoms with van der Waals surface area (Å²) in [5, 5.41) is 4.85. The van der Waals surface area contributed by atoms with Gasteiger partial charge in [-0.15, -0.1) is 0 Å². The number of hydrogen-bond donors (Lipinski definition) is 0. The summed E-state index contributed by atoms with van der Waals surface area (Å²) in [5.74, 6) is 0. The molecule has 1 aliphatic rings. The standard InChI is InChI=1S/C12H12ClN3O/c1-9-12(17-9,6-16-8-14-7-15-16)10-2-4-11(13)5-3-10/h2-5,7-9H,6H2,1H3. The smallest absolute Gasteiger partial charge is 0.139 e. The lowest BCUT2D eigenvalue weighted by Gasteiger charge is -2.13. The first-order valence-corrected chi connectivity index (χ1v) is 5.85. The summed E-state index contributed by atoms with van der Waals surface area (Å²) in [6, 6.07) is 7.77. The van der Waals surface area contributed by atoms with Crippen LogP contribution in [0.5, 0.6) is 0 Å². The van der Waals surface area contributed by atoms with Crippen LogP contribution in [-0.4, -0.2) is 20.9 Å². The second kappa shape index (κ2) is 3.82. The normalized spacial score (nSPS) is 27.1. The van der Waals surface area contributed by atoms with E-state index in [1.54, 1.807) is 11.0 Å². The van der Waals surface area contributed by atoms with E-state index < -0.39 is 0 Å². The highest BCUT2D eigenvalue weighted by atomic mass is 35.5. The highest BCUT2D eigenvalue weighted by Crippen LogP contribution is 2.47. The van der Waals surface area contributed by atoms with E-state index in [2.05, 4.69) is 17.0 Å². The fourth-order valence-electron chi connectivity index (χ4n) is 2.13. The van der Waals surface area contributed by atoms with Crippen molar-refractivity contribution in [1.82, 2.24) is 14.8 Å². The molecule has 0 bridgehead atoms. The molecule has 2 unspecified atom stereocenters. The summed E-state index contributed by atoms with van der Waals surface area (Å²) < 4.78 is 7.56. The van der Waals surface area contributed by atoms with Crippen LogP contribution in [0.2, 0.25) is 5.02 Å². The van der Waals surface area contributed by atoms with Gasteiger partial charge in [0.1, 0.15) is 18.3 Å². The number of hydrogen-bond acceptors (Lipinski definition) is 3. The number of rotatable bonds is 3. The summed E-state index contributed by atoms with van der Waals surface area (Å²) >= 11 is 5.89. The van der Waals surface area contributed by atoms with Crippen molar-refractivity contribution in [3.63, 3.8) is 0 Å². The maximum absolute atomic E-state index is 5.89. The number of ether oxygens (including phenoxy) is 1. The predicted octanol–water partition coefficient (Wildman–Crippen LogP) is 2.25. The molecule has 1 fully saturated rings. The molecule has 4 nitrogen and oxygen atoms in total. The van der Waals surface area contributed by atoms with Crippen LogP contribution >= 0.6 is 11.6 Å². The van der Waals surface area contributed by atoms with Crippen molar-refractivity contribution >= 4 is 11.6 Å². The summed E-state index contributed by atoms with van der Waals surface area (Å²) in [5.41, 5.74) is 0.850. The van der Waals surface area contributed by atoms with E-state index in [4.69, 9.17) is 16.3 Å². The second-order valence-corrected chi connectivity index (χ2v) is 4.69. The molecule has 1 aromatic heterocycles. The van der Waals surface area contributed by atoms with Crippen molar-refractivity contribution in [3.8, 4) is 0 Å². The monoisotopic (exact) mass is 249 g/mol. The van der Waals surface area contributed by atoms with Gasteiger partial charge < -0.3 is 4.74 Å². The van der Waals surface area contributed by atoms with Gasteiger partial charge in [0, 0.05) is 5.02 Å². The van der Waals surface area contributed by atoms with Gasteiger partial charge >= 0.3 is 0 Å². The molecule has 0 saturated carbocycles. The second-order valence-electron chi connectivity index (χ2n) is 4.25. The number of benzene rings is 1. The molecule has 2 heterocycles. The Morgan fingerprint density at radius 2 is 2.12 bits per heavy atom. The van der Waals surface area contributed by atoms with Gasteiger partial charge in [-0.2, -0.15) is 5.10 Å². The molecule has 1 aromatic carbocycles. The Balaban J connectivity index is 1.90. The maximum Gasteiger partial charge on any atom is 0.139 e. The topological polar surface area (TPSA) is 43.2 Å². The minimum Gasteiger partial charge on any atom is -0.359 e. The van der Waals surface area contributed by atoms with Gasteiger partial charge in [0.25, 0.3) is 0 Å². The van der Waals surface area contributed by atoms with Crippen LogP contribution < -0.4 is 0 Å². The average molecular weight is 250 g/mol. The molecule has 0 spiro atoms. The summed E-state index contributed by atoms with van der Waals surface area (Å²) in [6.07, 6.45) is 3.42.